The van der Waals surface area contributed by atoms with Crippen molar-refractivity contribution in [3.8, 4) is 11.6 Å². The second-order valence-electron chi connectivity index (χ2n) is 6.99. The first-order valence-electron chi connectivity index (χ1n) is 9.45. The van der Waals surface area contributed by atoms with Gasteiger partial charge in [0.15, 0.2) is 0 Å². The van der Waals surface area contributed by atoms with Crippen molar-refractivity contribution in [1.29, 1.82) is 0 Å². The number of ether oxygens (including phenoxy) is 2. The number of carbonyl (C=O) groups excluding carboxylic acids is 1. The van der Waals surface area contributed by atoms with Crippen LogP contribution < -0.4 is 9.64 Å². The lowest BCUT2D eigenvalue weighted by Gasteiger charge is -2.29. The minimum absolute atomic E-state index is 0.190. The van der Waals surface area contributed by atoms with E-state index in [1.54, 1.807) is 13.1 Å². The van der Waals surface area contributed by atoms with E-state index in [0.717, 1.165) is 37.6 Å². The topological polar surface area (TPSA) is 51.7 Å². The van der Waals surface area contributed by atoms with Crippen molar-refractivity contribution in [2.24, 2.45) is 5.92 Å². The normalized spacial score (nSPS) is 15.6. The number of hydrogen-bond donors (Lipinski definition) is 0. The highest BCUT2D eigenvalue weighted by Gasteiger charge is 2.13. The van der Waals surface area contributed by atoms with E-state index in [9.17, 15) is 4.79 Å². The molecule has 6 heteroatoms. The fraction of sp³-hybridized carbons (Fsp3) is 0.364. The van der Waals surface area contributed by atoms with E-state index in [1.807, 2.05) is 49.4 Å². The monoisotopic (exact) mass is 400 g/mol. The van der Waals surface area contributed by atoms with Crippen molar-refractivity contribution in [2.45, 2.75) is 20.3 Å². The van der Waals surface area contributed by atoms with Gasteiger partial charge in [-0.2, -0.15) is 0 Å². The first-order valence-corrected chi connectivity index (χ1v) is 9.83. The Bertz CT molecular complexity index is 830. The number of benzene rings is 1. The molecule has 1 atom stereocenters. The summed E-state index contributed by atoms with van der Waals surface area (Å²) in [7, 11) is 0. The SMILES string of the molecule is CC(=O)C[C@@H](C)/C=C/c1ccc(Oc2ccc(N3CCOCC3)cc2Cl)nc1. The lowest BCUT2D eigenvalue weighted by atomic mass is 10.0. The van der Waals surface area contributed by atoms with Gasteiger partial charge in [-0.15, -0.1) is 0 Å². The largest absolute Gasteiger partial charge is 0.437 e. The Morgan fingerprint density at radius 2 is 2.11 bits per heavy atom. The molecule has 0 amide bonds. The number of halogens is 1. The Kier molecular flexibility index (Phi) is 7.06. The summed E-state index contributed by atoms with van der Waals surface area (Å²) in [6.07, 6.45) is 6.26. The summed E-state index contributed by atoms with van der Waals surface area (Å²) < 4.78 is 11.2. The number of Topliss-reactive ketones (excluding diaryl/α,β-unsaturated/α-hetero) is 1. The van der Waals surface area contributed by atoms with E-state index in [1.165, 1.54) is 0 Å². The Hall–Kier alpha value is -2.37. The molecule has 1 aliphatic heterocycles. The number of hydrogen-bond acceptors (Lipinski definition) is 5. The standard InChI is InChI=1S/C22H25ClN2O3/c1-16(13-17(2)26)3-4-18-5-8-22(24-15-18)28-21-7-6-19(14-20(21)23)25-9-11-27-12-10-25/h3-8,14-16H,9-13H2,1-2H3/b4-3+/t16-/m0/s1. The molecule has 0 aliphatic carbocycles. The molecule has 2 heterocycles. The van der Waals surface area contributed by atoms with Gasteiger partial charge in [0.25, 0.3) is 0 Å². The number of carbonyl (C=O) groups is 1. The summed E-state index contributed by atoms with van der Waals surface area (Å²) in [5.74, 6) is 1.45. The minimum Gasteiger partial charge on any atom is -0.437 e. The van der Waals surface area contributed by atoms with Crippen molar-refractivity contribution < 1.29 is 14.3 Å². The van der Waals surface area contributed by atoms with Crippen molar-refractivity contribution in [2.75, 3.05) is 31.2 Å². The van der Waals surface area contributed by atoms with E-state index < -0.39 is 0 Å². The lowest BCUT2D eigenvalue weighted by Crippen LogP contribution is -2.36. The second kappa shape index (κ2) is 9.71. The number of allylic oxidation sites excluding steroid dienone is 1. The zero-order valence-electron chi connectivity index (χ0n) is 16.2. The van der Waals surface area contributed by atoms with Crippen LogP contribution in [0, 0.1) is 5.92 Å². The number of nitrogens with zero attached hydrogens (tertiary/aromatic N) is 2. The number of rotatable bonds is 7. The average Bonchev–Trinajstić information content (AvgIpc) is 2.69. The van der Waals surface area contributed by atoms with Crippen LogP contribution in [0.3, 0.4) is 0 Å². The summed E-state index contributed by atoms with van der Waals surface area (Å²) >= 11 is 6.41. The number of anilines is 1. The van der Waals surface area contributed by atoms with Crippen LogP contribution in [0.15, 0.2) is 42.6 Å². The smallest absolute Gasteiger partial charge is 0.219 e. The Balaban J connectivity index is 1.62. The molecule has 0 radical (unpaired) electrons. The van der Waals surface area contributed by atoms with Crippen LogP contribution in [0.25, 0.3) is 6.08 Å². The van der Waals surface area contributed by atoms with E-state index in [4.69, 9.17) is 21.1 Å². The third-order valence-corrected chi connectivity index (χ3v) is 4.79. The van der Waals surface area contributed by atoms with Gasteiger partial charge in [0.2, 0.25) is 5.88 Å². The molecule has 0 bridgehead atoms. The molecular formula is C22H25ClN2O3. The van der Waals surface area contributed by atoms with Gasteiger partial charge in [0.05, 0.1) is 18.2 Å². The first-order chi connectivity index (χ1) is 13.5. The van der Waals surface area contributed by atoms with Crippen molar-refractivity contribution in [3.05, 3.63) is 53.2 Å². The van der Waals surface area contributed by atoms with Crippen LogP contribution in [-0.4, -0.2) is 37.1 Å². The molecule has 0 spiro atoms. The third kappa shape index (κ3) is 5.81. The van der Waals surface area contributed by atoms with Gasteiger partial charge in [0.1, 0.15) is 11.5 Å². The summed E-state index contributed by atoms with van der Waals surface area (Å²) in [5, 5.41) is 0.549. The minimum atomic E-state index is 0.190. The molecule has 0 N–H and O–H groups in total. The number of ketones is 1. The molecule has 28 heavy (non-hydrogen) atoms. The van der Waals surface area contributed by atoms with Gasteiger partial charge in [0, 0.05) is 37.5 Å². The third-order valence-electron chi connectivity index (χ3n) is 4.49. The van der Waals surface area contributed by atoms with Crippen LogP contribution in [0.2, 0.25) is 5.02 Å². The van der Waals surface area contributed by atoms with E-state index in [0.29, 0.717) is 23.1 Å². The number of morpholine rings is 1. The van der Waals surface area contributed by atoms with E-state index in [2.05, 4.69) is 9.88 Å². The van der Waals surface area contributed by atoms with Crippen molar-refractivity contribution in [3.63, 3.8) is 0 Å². The number of pyridine rings is 1. The highest BCUT2D eigenvalue weighted by molar-refractivity contribution is 6.32. The first kappa shape index (κ1) is 20.4. The molecule has 148 valence electrons. The molecule has 1 aromatic carbocycles. The van der Waals surface area contributed by atoms with Crippen LogP contribution in [0.1, 0.15) is 25.8 Å². The van der Waals surface area contributed by atoms with Gasteiger partial charge >= 0.3 is 0 Å². The Morgan fingerprint density at radius 1 is 1.32 bits per heavy atom. The molecule has 2 aromatic rings. The van der Waals surface area contributed by atoms with Gasteiger partial charge < -0.3 is 19.2 Å². The second-order valence-corrected chi connectivity index (χ2v) is 7.40. The zero-order chi connectivity index (χ0) is 19.9. The summed E-state index contributed by atoms with van der Waals surface area (Å²) in [4.78, 5) is 17.7. The fourth-order valence-corrected chi connectivity index (χ4v) is 3.26. The quantitative estimate of drug-likeness (QED) is 0.655. The van der Waals surface area contributed by atoms with Gasteiger partial charge in [-0.3, -0.25) is 0 Å². The summed E-state index contributed by atoms with van der Waals surface area (Å²) in [6.45, 7) is 6.81. The maximum Gasteiger partial charge on any atom is 0.219 e. The van der Waals surface area contributed by atoms with E-state index in [-0.39, 0.29) is 11.7 Å². The molecule has 1 aromatic heterocycles. The molecule has 0 saturated carbocycles. The predicted octanol–water partition coefficient (Wildman–Crippen LogP) is 4.99. The van der Waals surface area contributed by atoms with Crippen LogP contribution in [0.4, 0.5) is 5.69 Å². The van der Waals surface area contributed by atoms with E-state index >= 15 is 0 Å². The molecule has 5 nitrogen and oxygen atoms in total. The zero-order valence-corrected chi connectivity index (χ0v) is 17.0. The lowest BCUT2D eigenvalue weighted by molar-refractivity contribution is -0.117. The summed E-state index contributed by atoms with van der Waals surface area (Å²) in [6, 6.07) is 9.51. The van der Waals surface area contributed by atoms with Gasteiger partial charge in [-0.1, -0.05) is 30.7 Å². The molecular weight excluding hydrogens is 376 g/mol. The highest BCUT2D eigenvalue weighted by atomic mass is 35.5. The van der Waals surface area contributed by atoms with Crippen LogP contribution >= 0.6 is 11.6 Å². The number of aromatic nitrogens is 1. The van der Waals surface area contributed by atoms with Crippen molar-refractivity contribution in [1.82, 2.24) is 4.98 Å². The molecule has 0 unspecified atom stereocenters. The van der Waals surface area contributed by atoms with Gasteiger partial charge in [-0.05, 0) is 42.7 Å². The highest BCUT2D eigenvalue weighted by Crippen LogP contribution is 2.32. The maximum absolute atomic E-state index is 11.1. The molecule has 3 rings (SSSR count). The van der Waals surface area contributed by atoms with Crippen LogP contribution in [0.5, 0.6) is 11.6 Å². The van der Waals surface area contributed by atoms with Gasteiger partial charge in [-0.25, -0.2) is 4.98 Å². The Morgan fingerprint density at radius 3 is 2.75 bits per heavy atom. The Labute approximate surface area is 170 Å². The van der Waals surface area contributed by atoms with Crippen molar-refractivity contribution >= 4 is 29.1 Å². The molecule has 1 saturated heterocycles. The fourth-order valence-electron chi connectivity index (χ4n) is 3.05. The molecule has 1 fully saturated rings. The predicted molar refractivity (Wildman–Crippen MR) is 112 cm³/mol. The average molecular weight is 401 g/mol. The molecule has 1 aliphatic rings. The summed E-state index contributed by atoms with van der Waals surface area (Å²) in [5.41, 5.74) is 2.02. The van der Waals surface area contributed by atoms with Crippen LogP contribution in [-0.2, 0) is 9.53 Å². The maximum atomic E-state index is 11.1.